The highest BCUT2D eigenvalue weighted by Gasteiger charge is 2.19. The molecule has 2 N–H and O–H groups in total. The van der Waals surface area contributed by atoms with Gasteiger partial charge in [-0.25, -0.2) is 4.39 Å². The summed E-state index contributed by atoms with van der Waals surface area (Å²) in [6.07, 6.45) is 0. The number of carbonyl (C=O) groups excluding carboxylic acids is 1. The van der Waals surface area contributed by atoms with Gasteiger partial charge in [-0.1, -0.05) is 53.5 Å². The first-order valence-corrected chi connectivity index (χ1v) is 6.54. The molecule has 0 aliphatic heterocycles. The lowest BCUT2D eigenvalue weighted by Crippen LogP contribution is -2.19. The minimum Gasteiger partial charge on any atom is -0.506 e. The number of hydrogen-bond acceptors (Lipinski definition) is 2. The molecule has 3 nitrogen and oxygen atoms in total. The molecule has 0 saturated carbocycles. The smallest absolute Gasteiger partial charge is 0.257 e. The Balaban J connectivity index is 2.46. The van der Waals surface area contributed by atoms with Crippen LogP contribution in [0.2, 0.25) is 0 Å². The third-order valence-corrected chi connectivity index (χ3v) is 3.05. The highest BCUT2D eigenvalue weighted by atomic mass is 35.5. The Morgan fingerprint density at radius 2 is 1.80 bits per heavy atom. The number of halogens is 3. The topological polar surface area (TPSA) is 49.3 Å². The molecule has 0 spiro atoms. The van der Waals surface area contributed by atoms with E-state index < -0.39 is 22.3 Å². The second-order valence-electron chi connectivity index (χ2n) is 3.98. The van der Waals surface area contributed by atoms with Crippen LogP contribution in [0.1, 0.15) is 0 Å². The van der Waals surface area contributed by atoms with Gasteiger partial charge in [-0.05, 0) is 17.7 Å². The first-order valence-electron chi connectivity index (χ1n) is 5.66. The molecule has 0 aliphatic carbocycles. The summed E-state index contributed by atoms with van der Waals surface area (Å²) in [5, 5.41) is 11.8. The van der Waals surface area contributed by atoms with E-state index in [0.717, 1.165) is 0 Å². The van der Waals surface area contributed by atoms with Gasteiger partial charge in [0.1, 0.15) is 11.4 Å². The quantitative estimate of drug-likeness (QED) is 0.666. The standard InChI is InChI=1S/C14H10Cl2FNO2/c15-13(16)14(20)18-12-10(19)7-6-9(11(12)17)8-4-2-1-3-5-8/h1-7,13,19H,(H,18,20). The van der Waals surface area contributed by atoms with E-state index in [2.05, 4.69) is 5.32 Å². The molecule has 104 valence electrons. The van der Waals surface area contributed by atoms with E-state index in [1.54, 1.807) is 30.3 Å². The van der Waals surface area contributed by atoms with Crippen LogP contribution in [-0.2, 0) is 4.79 Å². The van der Waals surface area contributed by atoms with Gasteiger partial charge in [0.25, 0.3) is 5.91 Å². The largest absolute Gasteiger partial charge is 0.506 e. The Morgan fingerprint density at radius 1 is 1.15 bits per heavy atom. The number of benzene rings is 2. The number of phenolic OH excluding ortho intramolecular Hbond substituents is 1. The normalized spacial score (nSPS) is 10.6. The lowest BCUT2D eigenvalue weighted by Gasteiger charge is -2.12. The molecular formula is C14H10Cl2FNO2. The van der Waals surface area contributed by atoms with E-state index in [-0.39, 0.29) is 11.3 Å². The molecule has 0 atom stereocenters. The number of alkyl halides is 2. The maximum Gasteiger partial charge on any atom is 0.257 e. The molecular weight excluding hydrogens is 304 g/mol. The molecule has 0 aromatic heterocycles. The molecule has 0 heterocycles. The third kappa shape index (κ3) is 3.03. The average Bonchev–Trinajstić information content (AvgIpc) is 2.44. The van der Waals surface area contributed by atoms with Crippen molar-refractivity contribution in [2.24, 2.45) is 0 Å². The minimum atomic E-state index is -1.35. The van der Waals surface area contributed by atoms with Gasteiger partial charge in [0.15, 0.2) is 10.7 Å². The molecule has 0 aliphatic rings. The Labute approximate surface area is 124 Å². The average molecular weight is 314 g/mol. The van der Waals surface area contributed by atoms with Crippen molar-refractivity contribution in [3.63, 3.8) is 0 Å². The Kier molecular flexibility index (Phi) is 4.47. The minimum absolute atomic E-state index is 0.249. The first kappa shape index (κ1) is 14.6. The van der Waals surface area contributed by atoms with Crippen LogP contribution in [0.5, 0.6) is 5.75 Å². The lowest BCUT2D eigenvalue weighted by molar-refractivity contribution is -0.114. The number of aromatic hydroxyl groups is 1. The summed E-state index contributed by atoms with van der Waals surface area (Å²) in [4.78, 5) is 10.1. The van der Waals surface area contributed by atoms with Crippen LogP contribution >= 0.6 is 23.2 Å². The fourth-order valence-electron chi connectivity index (χ4n) is 1.70. The highest BCUT2D eigenvalue weighted by Crippen LogP contribution is 2.34. The van der Waals surface area contributed by atoms with Crippen LogP contribution in [0.4, 0.5) is 10.1 Å². The molecule has 1 amide bonds. The summed E-state index contributed by atoms with van der Waals surface area (Å²) >= 11 is 10.8. The van der Waals surface area contributed by atoms with Crippen molar-refractivity contribution in [2.75, 3.05) is 5.32 Å². The first-order chi connectivity index (χ1) is 9.50. The maximum absolute atomic E-state index is 14.4. The molecule has 0 bridgehead atoms. The second-order valence-corrected chi connectivity index (χ2v) is 5.07. The van der Waals surface area contributed by atoms with Crippen molar-refractivity contribution in [1.29, 1.82) is 0 Å². The molecule has 0 unspecified atom stereocenters. The summed E-state index contributed by atoms with van der Waals surface area (Å²) in [5.74, 6) is -1.96. The summed E-state index contributed by atoms with van der Waals surface area (Å²) in [5.41, 5.74) is 0.524. The van der Waals surface area contributed by atoms with Crippen molar-refractivity contribution < 1.29 is 14.3 Å². The van der Waals surface area contributed by atoms with E-state index in [9.17, 15) is 14.3 Å². The SMILES string of the molecule is O=C(Nc1c(O)ccc(-c2ccccc2)c1F)C(Cl)Cl. The molecule has 20 heavy (non-hydrogen) atoms. The van der Waals surface area contributed by atoms with Crippen molar-refractivity contribution in [1.82, 2.24) is 0 Å². The monoisotopic (exact) mass is 313 g/mol. The number of phenols is 1. The summed E-state index contributed by atoms with van der Waals surface area (Å²) in [7, 11) is 0. The van der Waals surface area contributed by atoms with E-state index in [0.29, 0.717) is 5.56 Å². The molecule has 2 aromatic rings. The molecule has 2 rings (SSSR count). The van der Waals surface area contributed by atoms with E-state index >= 15 is 0 Å². The molecule has 2 aromatic carbocycles. The van der Waals surface area contributed by atoms with Gasteiger partial charge in [0.2, 0.25) is 0 Å². The van der Waals surface area contributed by atoms with E-state index in [1.165, 1.54) is 12.1 Å². The van der Waals surface area contributed by atoms with Gasteiger partial charge in [-0.3, -0.25) is 4.79 Å². The zero-order valence-corrected chi connectivity index (χ0v) is 11.6. The van der Waals surface area contributed by atoms with Gasteiger partial charge >= 0.3 is 0 Å². The van der Waals surface area contributed by atoms with Crippen molar-refractivity contribution in [3.05, 3.63) is 48.3 Å². The van der Waals surface area contributed by atoms with Gasteiger partial charge < -0.3 is 10.4 Å². The van der Waals surface area contributed by atoms with Crippen molar-refractivity contribution >= 4 is 34.8 Å². The van der Waals surface area contributed by atoms with Gasteiger partial charge in [0.05, 0.1) is 0 Å². The Hall–Kier alpha value is -1.78. The van der Waals surface area contributed by atoms with Crippen LogP contribution in [0.3, 0.4) is 0 Å². The number of amides is 1. The number of carbonyl (C=O) groups is 1. The Morgan fingerprint density at radius 3 is 2.40 bits per heavy atom. The number of hydrogen-bond donors (Lipinski definition) is 2. The molecule has 0 radical (unpaired) electrons. The van der Waals surface area contributed by atoms with Gasteiger partial charge in [-0.2, -0.15) is 0 Å². The summed E-state index contributed by atoms with van der Waals surface area (Å²) < 4.78 is 14.4. The van der Waals surface area contributed by atoms with Crippen molar-refractivity contribution in [2.45, 2.75) is 4.84 Å². The van der Waals surface area contributed by atoms with Crippen LogP contribution in [0.25, 0.3) is 11.1 Å². The number of rotatable bonds is 3. The van der Waals surface area contributed by atoms with Crippen LogP contribution < -0.4 is 5.32 Å². The fourth-order valence-corrected chi connectivity index (χ4v) is 1.81. The van der Waals surface area contributed by atoms with Gasteiger partial charge in [0, 0.05) is 5.56 Å². The maximum atomic E-state index is 14.4. The van der Waals surface area contributed by atoms with Crippen molar-refractivity contribution in [3.8, 4) is 16.9 Å². The fraction of sp³-hybridized carbons (Fsp3) is 0.0714. The Bertz CT molecular complexity index is 633. The van der Waals surface area contributed by atoms with Crippen LogP contribution in [0.15, 0.2) is 42.5 Å². The molecule has 0 saturated heterocycles. The number of nitrogens with one attached hydrogen (secondary N) is 1. The van der Waals surface area contributed by atoms with Crippen LogP contribution in [0, 0.1) is 5.82 Å². The summed E-state index contributed by atoms with van der Waals surface area (Å²) in [6.45, 7) is 0. The highest BCUT2D eigenvalue weighted by molar-refractivity contribution is 6.54. The van der Waals surface area contributed by atoms with Gasteiger partial charge in [-0.15, -0.1) is 0 Å². The zero-order valence-electron chi connectivity index (χ0n) is 10.1. The zero-order chi connectivity index (χ0) is 14.7. The number of anilines is 1. The molecule has 0 fully saturated rings. The van der Waals surface area contributed by atoms with Crippen LogP contribution in [-0.4, -0.2) is 15.8 Å². The second kappa shape index (κ2) is 6.11. The predicted molar refractivity (Wildman–Crippen MR) is 77.6 cm³/mol. The lowest BCUT2D eigenvalue weighted by atomic mass is 10.0. The summed E-state index contributed by atoms with van der Waals surface area (Å²) in [6, 6.07) is 11.5. The van der Waals surface area contributed by atoms with E-state index in [1.807, 2.05) is 0 Å². The van der Waals surface area contributed by atoms with E-state index in [4.69, 9.17) is 23.2 Å². The molecule has 6 heteroatoms. The third-order valence-electron chi connectivity index (χ3n) is 2.65. The predicted octanol–water partition coefficient (Wildman–Crippen LogP) is 3.94.